The maximum Gasteiger partial charge on any atom is 0.417 e. The first-order valence-corrected chi connectivity index (χ1v) is 10.6. The minimum Gasteiger partial charge on any atom is -0.480 e. The molecule has 2 heterocycles. The number of hydrogen-bond donors (Lipinski definition) is 2. The van der Waals surface area contributed by atoms with Gasteiger partial charge in [0.25, 0.3) is 0 Å². The van der Waals surface area contributed by atoms with E-state index in [9.17, 15) is 31.5 Å². The van der Waals surface area contributed by atoms with Crippen LogP contribution in [-0.4, -0.2) is 47.5 Å². The van der Waals surface area contributed by atoms with E-state index in [4.69, 9.17) is 0 Å². The van der Waals surface area contributed by atoms with Gasteiger partial charge in [-0.2, -0.15) is 18.3 Å². The third-order valence-corrected chi connectivity index (χ3v) is 7.57. The molecule has 0 bridgehead atoms. The molecule has 0 radical (unpaired) electrons. The van der Waals surface area contributed by atoms with Gasteiger partial charge in [-0.15, -0.1) is 0 Å². The molecular weight excluding hydrogens is 411 g/mol. The molecule has 1 aromatic heterocycles. The average Bonchev–Trinajstić information content (AvgIpc) is 3.20. The SMILES string of the molecule is O=C(O)[C@@H]1C[C@@H](S(=O)(=O)c2ccccc2C(F)(F)F)CN1c1cc(C2CC2)[nH]n1. The van der Waals surface area contributed by atoms with Crippen LogP contribution in [0, 0.1) is 0 Å². The minimum atomic E-state index is -4.84. The molecule has 2 N–H and O–H groups in total. The molecule has 29 heavy (non-hydrogen) atoms. The molecule has 1 aromatic carbocycles. The molecule has 1 aliphatic heterocycles. The number of carboxylic acid groups (broad SMARTS) is 1. The van der Waals surface area contributed by atoms with E-state index in [2.05, 4.69) is 10.2 Å². The van der Waals surface area contributed by atoms with Gasteiger partial charge in [-0.1, -0.05) is 12.1 Å². The third kappa shape index (κ3) is 3.59. The number of carboxylic acids is 1. The van der Waals surface area contributed by atoms with Crippen molar-refractivity contribution in [3.05, 3.63) is 41.6 Å². The number of H-pyrrole nitrogens is 1. The number of aromatic amines is 1. The van der Waals surface area contributed by atoms with Crippen LogP contribution in [0.2, 0.25) is 0 Å². The second-order valence-corrected chi connectivity index (χ2v) is 9.56. The first-order chi connectivity index (χ1) is 13.6. The number of halogens is 3. The standard InChI is InChI=1S/C18H18F3N3O4S/c19-18(20,21)12-3-1-2-4-15(12)29(27,28)11-7-14(17(25)26)24(9-11)16-8-13(22-23-16)10-5-6-10/h1-4,8,10-11,14H,5-7,9H2,(H,22,23)(H,25,26)/t11-,14+/m1/s1. The third-order valence-electron chi connectivity index (χ3n) is 5.38. The number of hydrogen-bond acceptors (Lipinski definition) is 5. The predicted octanol–water partition coefficient (Wildman–Crippen LogP) is 2.81. The molecule has 1 saturated carbocycles. The Kier molecular flexibility index (Phi) is 4.60. The van der Waals surface area contributed by atoms with Crippen LogP contribution in [0.5, 0.6) is 0 Å². The van der Waals surface area contributed by atoms with E-state index in [0.717, 1.165) is 30.7 Å². The lowest BCUT2D eigenvalue weighted by Crippen LogP contribution is -2.36. The lowest BCUT2D eigenvalue weighted by Gasteiger charge is -2.20. The van der Waals surface area contributed by atoms with Crippen LogP contribution in [0.1, 0.15) is 36.4 Å². The van der Waals surface area contributed by atoms with Gasteiger partial charge in [0, 0.05) is 24.2 Å². The number of aliphatic carboxylic acids is 1. The Balaban J connectivity index is 1.68. The fraction of sp³-hybridized carbons (Fsp3) is 0.444. The number of nitrogens with zero attached hydrogens (tertiary/aromatic N) is 2. The Labute approximate surface area is 164 Å². The lowest BCUT2D eigenvalue weighted by molar-refractivity contribution is -0.140. The van der Waals surface area contributed by atoms with Crippen LogP contribution in [-0.2, 0) is 20.8 Å². The quantitative estimate of drug-likeness (QED) is 0.758. The first-order valence-electron chi connectivity index (χ1n) is 9.04. The van der Waals surface area contributed by atoms with Gasteiger partial charge in [0.05, 0.1) is 15.7 Å². The number of nitrogens with one attached hydrogen (secondary N) is 1. The number of sulfone groups is 1. The minimum absolute atomic E-state index is 0.250. The maximum absolute atomic E-state index is 13.3. The summed E-state index contributed by atoms with van der Waals surface area (Å²) in [5.41, 5.74) is -0.404. The van der Waals surface area contributed by atoms with E-state index >= 15 is 0 Å². The Morgan fingerprint density at radius 2 is 1.93 bits per heavy atom. The van der Waals surface area contributed by atoms with Crippen molar-refractivity contribution in [1.82, 2.24) is 10.2 Å². The van der Waals surface area contributed by atoms with Gasteiger partial charge in [-0.3, -0.25) is 5.10 Å². The summed E-state index contributed by atoms with van der Waals surface area (Å²) in [6.07, 6.45) is -3.17. The molecule has 2 fully saturated rings. The zero-order valence-electron chi connectivity index (χ0n) is 15.1. The Bertz CT molecular complexity index is 1050. The van der Waals surface area contributed by atoms with Crippen LogP contribution in [0.4, 0.5) is 19.0 Å². The van der Waals surface area contributed by atoms with Gasteiger partial charge in [0.1, 0.15) is 6.04 Å². The van der Waals surface area contributed by atoms with Crippen molar-refractivity contribution >= 4 is 21.6 Å². The maximum atomic E-state index is 13.3. The first kappa shape index (κ1) is 19.7. The van der Waals surface area contributed by atoms with Gasteiger partial charge in [0.2, 0.25) is 0 Å². The molecule has 1 saturated heterocycles. The van der Waals surface area contributed by atoms with Crippen molar-refractivity contribution in [3.63, 3.8) is 0 Å². The second kappa shape index (κ2) is 6.75. The van der Waals surface area contributed by atoms with Crippen molar-refractivity contribution in [2.24, 2.45) is 0 Å². The highest BCUT2D eigenvalue weighted by molar-refractivity contribution is 7.92. The number of aromatic nitrogens is 2. The van der Waals surface area contributed by atoms with Gasteiger partial charge in [-0.05, 0) is 31.4 Å². The number of anilines is 1. The molecule has 4 rings (SSSR count). The lowest BCUT2D eigenvalue weighted by atomic mass is 10.2. The highest BCUT2D eigenvalue weighted by atomic mass is 32.2. The van der Waals surface area contributed by atoms with Crippen LogP contribution in [0.25, 0.3) is 0 Å². The summed E-state index contributed by atoms with van der Waals surface area (Å²) in [5.74, 6) is -0.621. The van der Waals surface area contributed by atoms with Crippen molar-refractivity contribution < 1.29 is 31.5 Å². The van der Waals surface area contributed by atoms with Crippen molar-refractivity contribution in [3.8, 4) is 0 Å². The fourth-order valence-corrected chi connectivity index (χ4v) is 5.62. The second-order valence-electron chi connectivity index (χ2n) is 7.36. The Morgan fingerprint density at radius 3 is 2.55 bits per heavy atom. The fourth-order valence-electron chi connectivity index (χ4n) is 3.71. The van der Waals surface area contributed by atoms with Crippen LogP contribution < -0.4 is 4.90 Å². The summed E-state index contributed by atoms with van der Waals surface area (Å²) in [6.45, 7) is -0.250. The van der Waals surface area contributed by atoms with Crippen molar-refractivity contribution in [2.45, 2.75) is 47.5 Å². The molecule has 0 amide bonds. The smallest absolute Gasteiger partial charge is 0.417 e. The van der Waals surface area contributed by atoms with E-state index < -0.39 is 43.7 Å². The number of alkyl halides is 3. The highest BCUT2D eigenvalue weighted by Gasteiger charge is 2.47. The topological polar surface area (TPSA) is 103 Å². The van der Waals surface area contributed by atoms with E-state index in [-0.39, 0.29) is 13.0 Å². The zero-order chi connectivity index (χ0) is 21.0. The van der Waals surface area contributed by atoms with Crippen LogP contribution in [0.15, 0.2) is 35.2 Å². The summed E-state index contributed by atoms with van der Waals surface area (Å²) >= 11 is 0. The zero-order valence-corrected chi connectivity index (χ0v) is 15.9. The summed E-state index contributed by atoms with van der Waals surface area (Å²) in [5, 5.41) is 15.2. The molecule has 2 aliphatic rings. The molecule has 156 valence electrons. The highest BCUT2D eigenvalue weighted by Crippen LogP contribution is 2.41. The summed E-state index contributed by atoms with van der Waals surface area (Å²) < 4.78 is 66.0. The van der Waals surface area contributed by atoms with E-state index in [1.54, 1.807) is 6.07 Å². The number of carbonyl (C=O) groups is 1. The monoisotopic (exact) mass is 429 g/mol. The van der Waals surface area contributed by atoms with Gasteiger partial charge in [0.15, 0.2) is 15.7 Å². The summed E-state index contributed by atoms with van der Waals surface area (Å²) in [4.78, 5) is 12.2. The van der Waals surface area contributed by atoms with E-state index in [0.29, 0.717) is 17.8 Å². The molecule has 11 heteroatoms. The molecule has 2 atom stereocenters. The molecule has 2 aromatic rings. The molecule has 7 nitrogen and oxygen atoms in total. The van der Waals surface area contributed by atoms with Gasteiger partial charge >= 0.3 is 12.1 Å². The van der Waals surface area contributed by atoms with Gasteiger partial charge in [-0.25, -0.2) is 13.2 Å². The molecule has 0 unspecified atom stereocenters. The van der Waals surface area contributed by atoms with Crippen molar-refractivity contribution in [1.29, 1.82) is 0 Å². The Morgan fingerprint density at radius 1 is 1.24 bits per heavy atom. The molecule has 0 spiro atoms. The van der Waals surface area contributed by atoms with E-state index in [1.165, 1.54) is 11.0 Å². The normalized spacial score (nSPS) is 22.8. The van der Waals surface area contributed by atoms with E-state index in [1.807, 2.05) is 0 Å². The number of benzene rings is 1. The predicted molar refractivity (Wildman–Crippen MR) is 96.4 cm³/mol. The Hall–Kier alpha value is -2.56. The average molecular weight is 429 g/mol. The summed E-state index contributed by atoms with van der Waals surface area (Å²) in [7, 11) is -4.42. The molecular formula is C18H18F3N3O4S. The molecule has 1 aliphatic carbocycles. The van der Waals surface area contributed by atoms with Crippen LogP contribution >= 0.6 is 0 Å². The largest absolute Gasteiger partial charge is 0.480 e. The van der Waals surface area contributed by atoms with Crippen molar-refractivity contribution in [2.75, 3.05) is 11.4 Å². The van der Waals surface area contributed by atoms with Gasteiger partial charge < -0.3 is 10.0 Å². The number of rotatable bonds is 5. The summed E-state index contributed by atoms with van der Waals surface area (Å²) in [6, 6.07) is 4.46. The van der Waals surface area contributed by atoms with Crippen LogP contribution in [0.3, 0.4) is 0 Å².